The Morgan fingerprint density at radius 1 is 0.650 bits per heavy atom. The number of hydrogen-bond acceptors (Lipinski definition) is 1. The standard InChI is InChI=1S/C19H15N/c20-19-8-4-3-7-17(19)15-10-9-14-11-13-5-1-2-6-16(13)18(14)12-15/h1-10,12H,11,20H2. The average molecular weight is 257 g/mol. The van der Waals surface area contributed by atoms with Crippen LogP contribution >= 0.6 is 0 Å². The second kappa shape index (κ2) is 4.24. The Balaban J connectivity index is 1.90. The molecule has 0 atom stereocenters. The van der Waals surface area contributed by atoms with Crippen molar-refractivity contribution in [3.8, 4) is 22.3 Å². The lowest BCUT2D eigenvalue weighted by Gasteiger charge is -2.08. The van der Waals surface area contributed by atoms with Gasteiger partial charge in [-0.15, -0.1) is 0 Å². The maximum atomic E-state index is 6.09. The molecule has 0 saturated carbocycles. The molecule has 0 amide bonds. The quantitative estimate of drug-likeness (QED) is 0.499. The van der Waals surface area contributed by atoms with E-state index in [4.69, 9.17) is 5.73 Å². The monoisotopic (exact) mass is 257 g/mol. The van der Waals surface area contributed by atoms with Crippen molar-refractivity contribution < 1.29 is 0 Å². The van der Waals surface area contributed by atoms with Gasteiger partial charge in [0.2, 0.25) is 0 Å². The van der Waals surface area contributed by atoms with Crippen LogP contribution in [-0.2, 0) is 6.42 Å². The van der Waals surface area contributed by atoms with Crippen LogP contribution in [0.5, 0.6) is 0 Å². The lowest BCUT2D eigenvalue weighted by molar-refractivity contribution is 1.26. The summed E-state index contributed by atoms with van der Waals surface area (Å²) in [5, 5.41) is 0. The second-order valence-corrected chi connectivity index (χ2v) is 5.29. The Morgan fingerprint density at radius 2 is 1.35 bits per heavy atom. The normalized spacial score (nSPS) is 12.0. The summed E-state index contributed by atoms with van der Waals surface area (Å²) in [6.07, 6.45) is 1.04. The third kappa shape index (κ3) is 1.64. The van der Waals surface area contributed by atoms with E-state index in [0.29, 0.717) is 0 Å². The summed E-state index contributed by atoms with van der Waals surface area (Å²) in [5.74, 6) is 0. The van der Waals surface area contributed by atoms with E-state index in [0.717, 1.165) is 17.7 Å². The van der Waals surface area contributed by atoms with Crippen LogP contribution < -0.4 is 5.73 Å². The zero-order valence-corrected chi connectivity index (χ0v) is 11.1. The molecule has 1 aliphatic carbocycles. The van der Waals surface area contributed by atoms with Crippen molar-refractivity contribution in [2.45, 2.75) is 6.42 Å². The van der Waals surface area contributed by atoms with Gasteiger partial charge in [0.15, 0.2) is 0 Å². The van der Waals surface area contributed by atoms with Gasteiger partial charge in [0, 0.05) is 11.3 Å². The summed E-state index contributed by atoms with van der Waals surface area (Å²) in [6.45, 7) is 0. The fraction of sp³-hybridized carbons (Fsp3) is 0.0526. The van der Waals surface area contributed by atoms with Crippen molar-refractivity contribution in [2.24, 2.45) is 0 Å². The number of rotatable bonds is 1. The number of para-hydroxylation sites is 1. The number of nitrogen functional groups attached to an aromatic ring is 1. The van der Waals surface area contributed by atoms with E-state index in [9.17, 15) is 0 Å². The molecule has 0 bridgehead atoms. The van der Waals surface area contributed by atoms with Crippen LogP contribution in [0.4, 0.5) is 5.69 Å². The summed E-state index contributed by atoms with van der Waals surface area (Å²) < 4.78 is 0. The lowest BCUT2D eigenvalue weighted by atomic mass is 9.98. The molecule has 96 valence electrons. The highest BCUT2D eigenvalue weighted by Crippen LogP contribution is 2.39. The summed E-state index contributed by atoms with van der Waals surface area (Å²) in [7, 11) is 0. The number of anilines is 1. The third-order valence-corrected chi connectivity index (χ3v) is 4.07. The fourth-order valence-corrected chi connectivity index (χ4v) is 3.05. The molecule has 0 radical (unpaired) electrons. The van der Waals surface area contributed by atoms with Crippen LogP contribution in [0.1, 0.15) is 11.1 Å². The molecule has 2 N–H and O–H groups in total. The predicted octanol–water partition coefficient (Wildman–Crippen LogP) is 4.51. The molecule has 1 nitrogen and oxygen atoms in total. The molecular formula is C19H15N. The van der Waals surface area contributed by atoms with E-state index in [1.165, 1.54) is 27.8 Å². The highest BCUT2D eigenvalue weighted by molar-refractivity contribution is 5.84. The molecule has 0 fully saturated rings. The number of nitrogens with two attached hydrogens (primary N) is 1. The van der Waals surface area contributed by atoms with Crippen LogP contribution in [0.15, 0.2) is 66.7 Å². The molecule has 0 heterocycles. The van der Waals surface area contributed by atoms with Crippen molar-refractivity contribution in [3.63, 3.8) is 0 Å². The first-order chi connectivity index (χ1) is 9.83. The first-order valence-corrected chi connectivity index (χ1v) is 6.89. The number of fused-ring (bicyclic) bond motifs is 3. The van der Waals surface area contributed by atoms with Crippen molar-refractivity contribution in [2.75, 3.05) is 5.73 Å². The molecule has 0 unspecified atom stereocenters. The van der Waals surface area contributed by atoms with Gasteiger partial charge in [-0.1, -0.05) is 54.6 Å². The second-order valence-electron chi connectivity index (χ2n) is 5.29. The maximum absolute atomic E-state index is 6.09. The van der Waals surface area contributed by atoms with Crippen molar-refractivity contribution in [1.29, 1.82) is 0 Å². The van der Waals surface area contributed by atoms with Crippen molar-refractivity contribution in [1.82, 2.24) is 0 Å². The topological polar surface area (TPSA) is 26.0 Å². The molecule has 1 aliphatic rings. The van der Waals surface area contributed by atoms with Gasteiger partial charge in [-0.05, 0) is 46.4 Å². The van der Waals surface area contributed by atoms with E-state index >= 15 is 0 Å². The molecule has 20 heavy (non-hydrogen) atoms. The zero-order chi connectivity index (χ0) is 13.5. The summed E-state index contributed by atoms with van der Waals surface area (Å²) in [5.41, 5.74) is 14.8. The van der Waals surface area contributed by atoms with E-state index in [1.54, 1.807) is 0 Å². The Kier molecular flexibility index (Phi) is 2.40. The van der Waals surface area contributed by atoms with E-state index in [2.05, 4.69) is 48.5 Å². The number of hydrogen-bond donors (Lipinski definition) is 1. The molecular weight excluding hydrogens is 242 g/mol. The van der Waals surface area contributed by atoms with Gasteiger partial charge in [-0.2, -0.15) is 0 Å². The molecule has 3 aromatic rings. The highest BCUT2D eigenvalue weighted by atomic mass is 14.6. The first kappa shape index (κ1) is 11.3. The maximum Gasteiger partial charge on any atom is 0.0393 e. The summed E-state index contributed by atoms with van der Waals surface area (Å²) in [6, 6.07) is 23.4. The Bertz CT molecular complexity index is 802. The molecule has 1 heteroatoms. The van der Waals surface area contributed by atoms with Gasteiger partial charge >= 0.3 is 0 Å². The van der Waals surface area contributed by atoms with Gasteiger partial charge in [0.05, 0.1) is 0 Å². The molecule has 0 saturated heterocycles. The van der Waals surface area contributed by atoms with E-state index in [-0.39, 0.29) is 0 Å². The summed E-state index contributed by atoms with van der Waals surface area (Å²) >= 11 is 0. The smallest absolute Gasteiger partial charge is 0.0393 e. The van der Waals surface area contributed by atoms with Gasteiger partial charge in [0.25, 0.3) is 0 Å². The average Bonchev–Trinajstić information content (AvgIpc) is 2.85. The van der Waals surface area contributed by atoms with Crippen LogP contribution in [0.25, 0.3) is 22.3 Å². The van der Waals surface area contributed by atoms with E-state index in [1.807, 2.05) is 18.2 Å². The third-order valence-electron chi connectivity index (χ3n) is 4.07. The molecule has 4 rings (SSSR count). The minimum atomic E-state index is 0.832. The lowest BCUT2D eigenvalue weighted by Crippen LogP contribution is -1.90. The number of benzene rings is 3. The van der Waals surface area contributed by atoms with Crippen molar-refractivity contribution >= 4 is 5.69 Å². The van der Waals surface area contributed by atoms with Crippen molar-refractivity contribution in [3.05, 3.63) is 77.9 Å². The Labute approximate surface area is 118 Å². The largest absolute Gasteiger partial charge is 0.398 e. The molecule has 0 aliphatic heterocycles. The molecule has 3 aromatic carbocycles. The predicted molar refractivity (Wildman–Crippen MR) is 84.5 cm³/mol. The molecule has 0 spiro atoms. The van der Waals surface area contributed by atoms with Crippen LogP contribution in [-0.4, -0.2) is 0 Å². The highest BCUT2D eigenvalue weighted by Gasteiger charge is 2.18. The summed E-state index contributed by atoms with van der Waals surface area (Å²) in [4.78, 5) is 0. The minimum absolute atomic E-state index is 0.832. The Morgan fingerprint density at radius 3 is 2.20 bits per heavy atom. The first-order valence-electron chi connectivity index (χ1n) is 6.89. The fourth-order valence-electron chi connectivity index (χ4n) is 3.05. The zero-order valence-electron chi connectivity index (χ0n) is 11.1. The van der Waals surface area contributed by atoms with Gasteiger partial charge < -0.3 is 5.73 Å². The van der Waals surface area contributed by atoms with Gasteiger partial charge in [-0.3, -0.25) is 0 Å². The molecule has 0 aromatic heterocycles. The Hall–Kier alpha value is -2.54. The van der Waals surface area contributed by atoms with Gasteiger partial charge in [-0.25, -0.2) is 0 Å². The SMILES string of the molecule is Nc1ccccc1-c1ccc2c(c1)-c1ccccc1C2. The van der Waals surface area contributed by atoms with E-state index < -0.39 is 0 Å². The van der Waals surface area contributed by atoms with Crippen LogP contribution in [0.2, 0.25) is 0 Å². The van der Waals surface area contributed by atoms with Gasteiger partial charge in [0.1, 0.15) is 0 Å². The van der Waals surface area contributed by atoms with Crippen LogP contribution in [0, 0.1) is 0 Å². The van der Waals surface area contributed by atoms with Crippen LogP contribution in [0.3, 0.4) is 0 Å². The minimum Gasteiger partial charge on any atom is -0.398 e.